The maximum Gasteiger partial charge on any atom is 0.332 e. The highest BCUT2D eigenvalue weighted by Crippen LogP contribution is 2.20. The molecule has 0 amide bonds. The van der Waals surface area contributed by atoms with Gasteiger partial charge >= 0.3 is 5.97 Å². The van der Waals surface area contributed by atoms with Gasteiger partial charge in [0.1, 0.15) is 6.10 Å². The molecule has 2 nitrogen and oxygen atoms in total. The van der Waals surface area contributed by atoms with Gasteiger partial charge in [-0.2, -0.15) is 0 Å². The molecule has 0 saturated carbocycles. The molecule has 2 aliphatic rings. The first kappa shape index (κ1) is 5.47. The predicted molar refractivity (Wildman–Crippen MR) is 36.2 cm³/mol. The van der Waals surface area contributed by atoms with Crippen molar-refractivity contribution in [2.24, 2.45) is 0 Å². The third-order valence-electron chi connectivity index (χ3n) is 1.54. The van der Waals surface area contributed by atoms with Gasteiger partial charge in [0, 0.05) is 11.6 Å². The molecule has 1 unspecified atom stereocenters. The molecule has 10 heavy (non-hydrogen) atoms. The zero-order chi connectivity index (χ0) is 6.97. The molecule has 0 N–H and O–H groups in total. The highest BCUT2D eigenvalue weighted by molar-refractivity contribution is 5.87. The van der Waals surface area contributed by atoms with Crippen LogP contribution < -0.4 is 0 Å². The van der Waals surface area contributed by atoms with Gasteiger partial charge in [-0.25, -0.2) is 4.79 Å². The van der Waals surface area contributed by atoms with Crippen LogP contribution in [0.15, 0.2) is 36.0 Å². The van der Waals surface area contributed by atoms with E-state index in [1.54, 1.807) is 0 Å². The summed E-state index contributed by atoms with van der Waals surface area (Å²) in [5.74, 6) is -0.240. The molecular weight excluding hydrogens is 128 g/mol. The van der Waals surface area contributed by atoms with E-state index < -0.39 is 0 Å². The van der Waals surface area contributed by atoms with Crippen molar-refractivity contribution in [1.29, 1.82) is 0 Å². The van der Waals surface area contributed by atoms with Gasteiger partial charge in [0.25, 0.3) is 0 Å². The van der Waals surface area contributed by atoms with E-state index in [-0.39, 0.29) is 12.1 Å². The van der Waals surface area contributed by atoms with Crippen molar-refractivity contribution >= 4 is 5.97 Å². The number of allylic oxidation sites excluding steroid dienone is 2. The highest BCUT2D eigenvalue weighted by atomic mass is 16.5. The molecule has 0 radical (unpaired) electrons. The van der Waals surface area contributed by atoms with E-state index in [1.807, 2.05) is 24.3 Å². The third kappa shape index (κ3) is 0.692. The Labute approximate surface area is 58.5 Å². The minimum Gasteiger partial charge on any atom is -0.450 e. The monoisotopic (exact) mass is 134 g/mol. The third-order valence-corrected chi connectivity index (χ3v) is 1.54. The molecule has 0 spiro atoms. The maximum atomic E-state index is 10.6. The summed E-state index contributed by atoms with van der Waals surface area (Å²) in [7, 11) is 0. The number of carbonyl (C=O) groups is 1. The van der Waals surface area contributed by atoms with Crippen molar-refractivity contribution in [3.8, 4) is 0 Å². The van der Waals surface area contributed by atoms with E-state index >= 15 is 0 Å². The Morgan fingerprint density at radius 1 is 1.40 bits per heavy atom. The van der Waals surface area contributed by atoms with Gasteiger partial charge in [-0.05, 0) is 6.08 Å². The molecule has 0 saturated heterocycles. The van der Waals surface area contributed by atoms with Crippen LogP contribution in [0.4, 0.5) is 0 Å². The summed E-state index contributed by atoms with van der Waals surface area (Å²) in [4.78, 5) is 10.6. The van der Waals surface area contributed by atoms with Gasteiger partial charge in [-0.1, -0.05) is 18.2 Å². The van der Waals surface area contributed by atoms with Crippen molar-refractivity contribution in [2.75, 3.05) is 0 Å². The molecule has 1 aliphatic heterocycles. The number of rotatable bonds is 0. The predicted octanol–water partition coefficient (Wildman–Crippen LogP) is 0.964. The minimum absolute atomic E-state index is 0.113. The molecule has 1 heterocycles. The van der Waals surface area contributed by atoms with Gasteiger partial charge in [-0.15, -0.1) is 0 Å². The van der Waals surface area contributed by atoms with E-state index in [1.165, 1.54) is 6.08 Å². The highest BCUT2D eigenvalue weighted by Gasteiger charge is 2.22. The Bertz CT molecular complexity index is 258. The molecule has 2 rings (SSSR count). The average molecular weight is 134 g/mol. The lowest BCUT2D eigenvalue weighted by atomic mass is 10.1. The van der Waals surface area contributed by atoms with Crippen LogP contribution in [0, 0.1) is 0 Å². The SMILES string of the molecule is O=C1C=C2C=CC=CC2O1. The minimum atomic E-state index is -0.240. The standard InChI is InChI=1S/C8H6O2/c9-8-5-6-3-1-2-4-7(6)10-8/h1-5,7H. The Hall–Kier alpha value is -1.31. The number of esters is 1. The summed E-state index contributed by atoms with van der Waals surface area (Å²) in [6.45, 7) is 0. The van der Waals surface area contributed by atoms with Crippen molar-refractivity contribution in [3.05, 3.63) is 36.0 Å². The van der Waals surface area contributed by atoms with Crippen LogP contribution in [0.5, 0.6) is 0 Å². The quantitative estimate of drug-likeness (QED) is 0.461. The lowest BCUT2D eigenvalue weighted by Gasteiger charge is -2.07. The van der Waals surface area contributed by atoms with E-state index in [0.29, 0.717) is 0 Å². The van der Waals surface area contributed by atoms with Crippen LogP contribution in [0.1, 0.15) is 0 Å². The van der Waals surface area contributed by atoms with Gasteiger partial charge in [0.2, 0.25) is 0 Å². The average Bonchev–Trinajstić information content (AvgIpc) is 2.27. The fourth-order valence-corrected chi connectivity index (χ4v) is 1.07. The first-order valence-corrected chi connectivity index (χ1v) is 3.13. The van der Waals surface area contributed by atoms with Crippen LogP contribution in [0.3, 0.4) is 0 Å². The van der Waals surface area contributed by atoms with E-state index in [2.05, 4.69) is 0 Å². The Morgan fingerprint density at radius 2 is 2.30 bits per heavy atom. The maximum absolute atomic E-state index is 10.6. The van der Waals surface area contributed by atoms with Gasteiger partial charge in [0.05, 0.1) is 0 Å². The molecule has 2 heteroatoms. The van der Waals surface area contributed by atoms with E-state index in [9.17, 15) is 4.79 Å². The smallest absolute Gasteiger partial charge is 0.332 e. The summed E-state index contributed by atoms with van der Waals surface area (Å²) < 4.78 is 4.90. The molecule has 0 aromatic carbocycles. The van der Waals surface area contributed by atoms with Gasteiger partial charge in [-0.3, -0.25) is 0 Å². The molecular formula is C8H6O2. The molecule has 0 fully saturated rings. The fraction of sp³-hybridized carbons (Fsp3) is 0.125. The Balaban J connectivity index is 2.37. The largest absolute Gasteiger partial charge is 0.450 e. The summed E-state index contributed by atoms with van der Waals surface area (Å²) >= 11 is 0. The van der Waals surface area contributed by atoms with Crippen LogP contribution in [0.2, 0.25) is 0 Å². The topological polar surface area (TPSA) is 26.3 Å². The molecule has 1 atom stereocenters. The van der Waals surface area contributed by atoms with Gasteiger partial charge < -0.3 is 4.74 Å². The molecule has 50 valence electrons. The van der Waals surface area contributed by atoms with Crippen LogP contribution in [-0.2, 0) is 9.53 Å². The second kappa shape index (κ2) is 1.84. The van der Waals surface area contributed by atoms with E-state index in [0.717, 1.165) is 5.57 Å². The van der Waals surface area contributed by atoms with E-state index in [4.69, 9.17) is 4.74 Å². The number of hydrogen-bond acceptors (Lipinski definition) is 2. The zero-order valence-corrected chi connectivity index (χ0v) is 5.28. The van der Waals surface area contributed by atoms with Gasteiger partial charge in [0.15, 0.2) is 0 Å². The fourth-order valence-electron chi connectivity index (χ4n) is 1.07. The molecule has 1 aliphatic carbocycles. The summed E-state index contributed by atoms with van der Waals surface area (Å²) in [5, 5.41) is 0. The first-order chi connectivity index (χ1) is 4.86. The molecule has 0 bridgehead atoms. The van der Waals surface area contributed by atoms with Crippen molar-refractivity contribution < 1.29 is 9.53 Å². The van der Waals surface area contributed by atoms with Crippen molar-refractivity contribution in [3.63, 3.8) is 0 Å². The lowest BCUT2D eigenvalue weighted by Crippen LogP contribution is -2.08. The van der Waals surface area contributed by atoms with Crippen LogP contribution in [-0.4, -0.2) is 12.1 Å². The Kier molecular flexibility index (Phi) is 1.01. The Morgan fingerprint density at radius 3 is 3.10 bits per heavy atom. The molecule has 0 aromatic heterocycles. The first-order valence-electron chi connectivity index (χ1n) is 3.13. The second-order valence-corrected chi connectivity index (χ2v) is 2.25. The summed E-state index contributed by atoms with van der Waals surface area (Å²) in [6.07, 6.45) is 8.92. The van der Waals surface area contributed by atoms with Crippen LogP contribution >= 0.6 is 0 Å². The molecule has 0 aromatic rings. The van der Waals surface area contributed by atoms with Crippen molar-refractivity contribution in [1.82, 2.24) is 0 Å². The number of hydrogen-bond donors (Lipinski definition) is 0. The van der Waals surface area contributed by atoms with Crippen molar-refractivity contribution in [2.45, 2.75) is 6.10 Å². The number of fused-ring (bicyclic) bond motifs is 1. The van der Waals surface area contributed by atoms with Crippen LogP contribution in [0.25, 0.3) is 0 Å². The second-order valence-electron chi connectivity index (χ2n) is 2.25. The summed E-state index contributed by atoms with van der Waals surface area (Å²) in [6, 6.07) is 0. The number of ether oxygens (including phenoxy) is 1. The summed E-state index contributed by atoms with van der Waals surface area (Å²) in [5.41, 5.74) is 0.951. The lowest BCUT2D eigenvalue weighted by molar-refractivity contribution is -0.137. The normalized spacial score (nSPS) is 27.8. The zero-order valence-electron chi connectivity index (χ0n) is 5.28. The number of carbonyl (C=O) groups excluding carboxylic acids is 1.